The lowest BCUT2D eigenvalue weighted by atomic mass is 10.0. The predicted molar refractivity (Wildman–Crippen MR) is 141 cm³/mol. The van der Waals surface area contributed by atoms with Gasteiger partial charge in [-0.3, -0.25) is 9.59 Å². The van der Waals surface area contributed by atoms with Gasteiger partial charge in [0.1, 0.15) is 0 Å². The molecule has 0 unspecified atom stereocenters. The Bertz CT molecular complexity index is 1610. The first kappa shape index (κ1) is 26.8. The third-order valence-electron chi connectivity index (χ3n) is 5.57. The number of hydrogen-bond donors (Lipinski definition) is 2. The fourth-order valence-corrected chi connectivity index (χ4v) is 3.87. The summed E-state index contributed by atoms with van der Waals surface area (Å²) in [6, 6.07) is 22.0. The SMILES string of the molecule is O=C(O)c1ccccc1C(=O)Oc1ccccc1N(C(=O)c1ccc(Cl)cc1)C(=O)c1ccccc1C(=O)O. The van der Waals surface area contributed by atoms with Crippen molar-refractivity contribution in [2.75, 3.05) is 4.90 Å². The lowest BCUT2D eigenvalue weighted by Gasteiger charge is -2.24. The number of ether oxygens (including phenoxy) is 1. The number of para-hydroxylation sites is 2. The number of nitrogens with zero attached hydrogens (tertiary/aromatic N) is 1. The number of amides is 2. The van der Waals surface area contributed by atoms with Gasteiger partial charge >= 0.3 is 17.9 Å². The minimum atomic E-state index is -1.39. The third kappa shape index (κ3) is 5.68. The van der Waals surface area contributed by atoms with Crippen molar-refractivity contribution in [3.63, 3.8) is 0 Å². The number of esters is 1. The first-order chi connectivity index (χ1) is 18.7. The zero-order valence-corrected chi connectivity index (χ0v) is 20.7. The fourth-order valence-electron chi connectivity index (χ4n) is 3.74. The van der Waals surface area contributed by atoms with Crippen molar-refractivity contribution in [1.82, 2.24) is 0 Å². The number of benzene rings is 4. The van der Waals surface area contributed by atoms with E-state index in [1.807, 2.05) is 0 Å². The monoisotopic (exact) mass is 543 g/mol. The molecule has 0 heterocycles. The Hall–Kier alpha value is -5.28. The molecule has 2 N–H and O–H groups in total. The maximum Gasteiger partial charge on any atom is 0.344 e. The molecule has 0 aromatic heterocycles. The van der Waals surface area contributed by atoms with Crippen LogP contribution in [0.5, 0.6) is 5.75 Å². The highest BCUT2D eigenvalue weighted by Gasteiger charge is 2.32. The molecule has 39 heavy (non-hydrogen) atoms. The summed E-state index contributed by atoms with van der Waals surface area (Å²) in [4.78, 5) is 64.6. The van der Waals surface area contributed by atoms with Gasteiger partial charge < -0.3 is 14.9 Å². The number of imide groups is 1. The van der Waals surface area contributed by atoms with Crippen molar-refractivity contribution >= 4 is 47.0 Å². The highest BCUT2D eigenvalue weighted by molar-refractivity contribution is 6.31. The molecule has 9 nitrogen and oxygen atoms in total. The van der Waals surface area contributed by atoms with Crippen LogP contribution in [0.3, 0.4) is 0 Å². The van der Waals surface area contributed by atoms with Crippen molar-refractivity contribution in [3.8, 4) is 5.75 Å². The van der Waals surface area contributed by atoms with Crippen LogP contribution in [0.15, 0.2) is 97.1 Å². The van der Waals surface area contributed by atoms with E-state index in [0.29, 0.717) is 9.92 Å². The Kier molecular flexibility index (Phi) is 7.83. The van der Waals surface area contributed by atoms with E-state index in [1.54, 1.807) is 0 Å². The van der Waals surface area contributed by atoms with Crippen LogP contribution in [-0.4, -0.2) is 39.9 Å². The minimum Gasteiger partial charge on any atom is -0.478 e. The van der Waals surface area contributed by atoms with Crippen molar-refractivity contribution in [3.05, 3.63) is 130 Å². The molecule has 4 rings (SSSR count). The van der Waals surface area contributed by atoms with Crippen LogP contribution in [0.25, 0.3) is 0 Å². The van der Waals surface area contributed by atoms with Crippen molar-refractivity contribution in [2.24, 2.45) is 0 Å². The van der Waals surface area contributed by atoms with E-state index in [4.69, 9.17) is 16.3 Å². The van der Waals surface area contributed by atoms with Gasteiger partial charge in [-0.05, 0) is 60.7 Å². The highest BCUT2D eigenvalue weighted by atomic mass is 35.5. The lowest BCUT2D eigenvalue weighted by molar-refractivity contribution is 0.0667. The van der Waals surface area contributed by atoms with E-state index >= 15 is 0 Å². The van der Waals surface area contributed by atoms with E-state index in [1.165, 1.54) is 97.1 Å². The molecule has 4 aromatic rings. The second-order valence-electron chi connectivity index (χ2n) is 8.01. The Morgan fingerprint density at radius 2 is 1.08 bits per heavy atom. The van der Waals surface area contributed by atoms with Crippen LogP contribution in [0, 0.1) is 0 Å². The van der Waals surface area contributed by atoms with E-state index in [9.17, 15) is 34.2 Å². The first-order valence-electron chi connectivity index (χ1n) is 11.3. The molecule has 0 aliphatic carbocycles. The summed E-state index contributed by atoms with van der Waals surface area (Å²) < 4.78 is 5.49. The maximum atomic E-state index is 13.8. The molecule has 0 aliphatic heterocycles. The Morgan fingerprint density at radius 3 is 1.67 bits per heavy atom. The van der Waals surface area contributed by atoms with Gasteiger partial charge in [0.05, 0.1) is 27.9 Å². The summed E-state index contributed by atoms with van der Waals surface area (Å²) in [6.07, 6.45) is 0. The van der Waals surface area contributed by atoms with E-state index in [-0.39, 0.29) is 39.3 Å². The summed E-state index contributed by atoms with van der Waals surface area (Å²) in [7, 11) is 0. The Balaban J connectivity index is 1.84. The van der Waals surface area contributed by atoms with Gasteiger partial charge in [-0.2, -0.15) is 0 Å². The van der Waals surface area contributed by atoms with Gasteiger partial charge in [0.2, 0.25) is 0 Å². The summed E-state index contributed by atoms with van der Waals surface area (Å²) in [6.45, 7) is 0. The number of carboxylic acid groups (broad SMARTS) is 2. The van der Waals surface area contributed by atoms with Gasteiger partial charge in [-0.25, -0.2) is 19.3 Å². The molecule has 194 valence electrons. The largest absolute Gasteiger partial charge is 0.478 e. The second kappa shape index (κ2) is 11.4. The second-order valence-corrected chi connectivity index (χ2v) is 8.45. The predicted octanol–water partition coefficient (Wildman–Crippen LogP) is 5.44. The third-order valence-corrected chi connectivity index (χ3v) is 5.82. The molecule has 0 aliphatic rings. The molecule has 0 atom stereocenters. The number of hydrogen-bond acceptors (Lipinski definition) is 6. The normalized spacial score (nSPS) is 10.4. The summed E-state index contributed by atoms with van der Waals surface area (Å²) in [5, 5.41) is 19.4. The van der Waals surface area contributed by atoms with Crippen LogP contribution in [-0.2, 0) is 0 Å². The summed E-state index contributed by atoms with van der Waals surface area (Å²) in [5.41, 5.74) is -1.33. The van der Waals surface area contributed by atoms with E-state index < -0.39 is 29.7 Å². The zero-order chi connectivity index (χ0) is 28.1. The molecule has 0 radical (unpaired) electrons. The number of carboxylic acids is 2. The average Bonchev–Trinajstić information content (AvgIpc) is 2.94. The molecular formula is C29H18ClNO8. The number of anilines is 1. The quantitative estimate of drug-likeness (QED) is 0.178. The van der Waals surface area contributed by atoms with Gasteiger partial charge in [-0.15, -0.1) is 0 Å². The van der Waals surface area contributed by atoms with E-state index in [0.717, 1.165) is 0 Å². The van der Waals surface area contributed by atoms with Crippen LogP contribution in [0.1, 0.15) is 51.8 Å². The Morgan fingerprint density at radius 1 is 0.590 bits per heavy atom. The standard InChI is InChI=1S/C29H18ClNO8/c30-18-15-13-17(14-16-18)25(32)31(26(33)19-7-1-2-8-20(19)27(34)35)23-11-5-6-12-24(23)39-29(38)22-10-4-3-9-21(22)28(36)37/h1-16H,(H,34,35)(H,36,37). The molecule has 0 saturated carbocycles. The number of aromatic carboxylic acids is 2. The number of halogens is 1. The fraction of sp³-hybridized carbons (Fsp3) is 0. The number of carbonyl (C=O) groups excluding carboxylic acids is 3. The van der Waals surface area contributed by atoms with Crippen LogP contribution < -0.4 is 9.64 Å². The van der Waals surface area contributed by atoms with Gasteiger partial charge in [-0.1, -0.05) is 48.0 Å². The summed E-state index contributed by atoms with van der Waals surface area (Å²) >= 11 is 5.95. The van der Waals surface area contributed by atoms with Gasteiger partial charge in [0.15, 0.2) is 5.75 Å². The zero-order valence-electron chi connectivity index (χ0n) is 19.9. The molecule has 2 amide bonds. The van der Waals surface area contributed by atoms with Crippen molar-refractivity contribution in [2.45, 2.75) is 0 Å². The average molecular weight is 544 g/mol. The van der Waals surface area contributed by atoms with Crippen LogP contribution in [0.4, 0.5) is 5.69 Å². The molecule has 0 bridgehead atoms. The molecule has 10 heteroatoms. The molecule has 0 spiro atoms. The maximum absolute atomic E-state index is 13.8. The molecular weight excluding hydrogens is 526 g/mol. The van der Waals surface area contributed by atoms with Crippen molar-refractivity contribution < 1.29 is 38.9 Å². The highest BCUT2D eigenvalue weighted by Crippen LogP contribution is 2.32. The smallest absolute Gasteiger partial charge is 0.344 e. The minimum absolute atomic E-state index is 0.0397. The van der Waals surface area contributed by atoms with Crippen LogP contribution in [0.2, 0.25) is 5.02 Å². The molecule has 0 fully saturated rings. The topological polar surface area (TPSA) is 138 Å². The van der Waals surface area contributed by atoms with Crippen LogP contribution >= 0.6 is 11.6 Å². The molecule has 4 aromatic carbocycles. The summed E-state index contributed by atoms with van der Waals surface area (Å²) in [5.74, 6) is -5.88. The van der Waals surface area contributed by atoms with E-state index in [2.05, 4.69) is 0 Å². The molecule has 0 saturated heterocycles. The van der Waals surface area contributed by atoms with Gasteiger partial charge in [0.25, 0.3) is 11.8 Å². The van der Waals surface area contributed by atoms with Gasteiger partial charge in [0, 0.05) is 10.6 Å². The number of rotatable bonds is 7. The first-order valence-corrected chi connectivity index (χ1v) is 11.7. The lowest BCUT2D eigenvalue weighted by Crippen LogP contribution is -2.38. The van der Waals surface area contributed by atoms with Crippen molar-refractivity contribution in [1.29, 1.82) is 0 Å². The number of carbonyl (C=O) groups is 5. The Labute approximate surface area is 226 Å².